The highest BCUT2D eigenvalue weighted by Gasteiger charge is 2.21. The summed E-state index contributed by atoms with van der Waals surface area (Å²) in [6, 6.07) is 46.7. The van der Waals surface area contributed by atoms with Crippen molar-refractivity contribution in [2.75, 3.05) is 26.2 Å². The van der Waals surface area contributed by atoms with Crippen LogP contribution in [0.5, 0.6) is 0 Å². The van der Waals surface area contributed by atoms with Gasteiger partial charge in [-0.15, -0.1) is 0 Å². The average Bonchev–Trinajstić information content (AvgIpc) is 3.10. The van der Waals surface area contributed by atoms with E-state index < -0.39 is 24.4 Å². The predicted octanol–water partition coefficient (Wildman–Crippen LogP) is 6.23. The monoisotopic (exact) mass is 616 g/mol. The normalized spacial score (nSPS) is 14.2. The number of nitrogens with zero attached hydrogens (tertiary/aromatic N) is 2. The van der Waals surface area contributed by atoms with Crippen LogP contribution in [0.2, 0.25) is 0 Å². The molecule has 5 rings (SSSR count). The summed E-state index contributed by atoms with van der Waals surface area (Å²) in [5.41, 5.74) is 5.43. The number of rotatable bonds is 16. The summed E-state index contributed by atoms with van der Waals surface area (Å²) in [6.45, 7) is 2.49. The zero-order valence-corrected chi connectivity index (χ0v) is 26.1. The molecule has 0 aliphatic rings. The van der Waals surface area contributed by atoms with Crippen molar-refractivity contribution in [2.45, 2.75) is 37.5 Å². The molecule has 4 N–H and O–H groups in total. The summed E-state index contributed by atoms with van der Waals surface area (Å²) in [5.74, 6) is 0. The SMILES string of the molecule is O[C@H](CN(Cc1cccc(CN(C[C@@H](O)c2ccccc2)C[C@@H](O)c2ccccc2)c1)C[C@@H](O)c1ccccc1)c1ccccc1. The zero-order valence-electron chi connectivity index (χ0n) is 26.1. The van der Waals surface area contributed by atoms with E-state index in [0.717, 1.165) is 33.4 Å². The van der Waals surface area contributed by atoms with Gasteiger partial charge in [0.15, 0.2) is 0 Å². The lowest BCUT2D eigenvalue weighted by atomic mass is 10.0. The van der Waals surface area contributed by atoms with Gasteiger partial charge >= 0.3 is 0 Å². The molecule has 0 aliphatic carbocycles. The lowest BCUT2D eigenvalue weighted by Gasteiger charge is -2.29. The molecule has 5 aromatic rings. The molecule has 0 unspecified atom stereocenters. The number of aliphatic hydroxyl groups is 4. The lowest BCUT2D eigenvalue weighted by Crippen LogP contribution is -2.33. The number of hydrogen-bond donors (Lipinski definition) is 4. The van der Waals surface area contributed by atoms with Gasteiger partial charge in [-0.25, -0.2) is 0 Å². The van der Waals surface area contributed by atoms with Gasteiger partial charge in [0.1, 0.15) is 0 Å². The van der Waals surface area contributed by atoms with Crippen LogP contribution in [0, 0.1) is 0 Å². The Hall–Kier alpha value is -4.14. The van der Waals surface area contributed by atoms with E-state index in [4.69, 9.17) is 0 Å². The standard InChI is InChI=1S/C40H44N2O4/c43-37(33-16-5-1-6-17-33)27-41(28-38(44)34-18-7-2-8-19-34)25-31-14-13-15-32(24-31)26-42(29-39(45)35-20-9-3-10-21-35)30-40(46)36-22-11-4-12-23-36/h1-24,37-40,43-46H,25-30H2/t37-,38-,39-,40-/m1/s1. The molecule has 0 saturated heterocycles. The van der Waals surface area contributed by atoms with Gasteiger partial charge < -0.3 is 20.4 Å². The van der Waals surface area contributed by atoms with Gasteiger partial charge in [0.2, 0.25) is 0 Å². The molecular weight excluding hydrogens is 572 g/mol. The van der Waals surface area contributed by atoms with Gasteiger partial charge in [-0.2, -0.15) is 0 Å². The van der Waals surface area contributed by atoms with E-state index >= 15 is 0 Å². The maximum atomic E-state index is 11.1. The van der Waals surface area contributed by atoms with Crippen LogP contribution < -0.4 is 0 Å². The van der Waals surface area contributed by atoms with Gasteiger partial charge in [-0.1, -0.05) is 146 Å². The topological polar surface area (TPSA) is 87.4 Å². The van der Waals surface area contributed by atoms with Crippen molar-refractivity contribution in [1.82, 2.24) is 9.80 Å². The zero-order chi connectivity index (χ0) is 32.1. The van der Waals surface area contributed by atoms with Gasteiger partial charge in [-0.3, -0.25) is 9.80 Å². The molecule has 0 aliphatic heterocycles. The van der Waals surface area contributed by atoms with E-state index in [1.54, 1.807) is 0 Å². The first-order chi connectivity index (χ1) is 22.4. The Bertz CT molecular complexity index is 1360. The molecule has 0 radical (unpaired) electrons. The van der Waals surface area contributed by atoms with Crippen molar-refractivity contribution >= 4 is 0 Å². The summed E-state index contributed by atoms with van der Waals surface area (Å²) in [5, 5.41) is 44.4. The molecule has 0 fully saturated rings. The minimum Gasteiger partial charge on any atom is -0.387 e. The van der Waals surface area contributed by atoms with E-state index in [0.29, 0.717) is 39.3 Å². The van der Waals surface area contributed by atoms with Crippen molar-refractivity contribution in [3.63, 3.8) is 0 Å². The first kappa shape index (κ1) is 33.2. The average molecular weight is 617 g/mol. The third-order valence-electron chi connectivity index (χ3n) is 8.27. The second-order valence-electron chi connectivity index (χ2n) is 11.9. The van der Waals surface area contributed by atoms with Crippen molar-refractivity contribution in [3.8, 4) is 0 Å². The van der Waals surface area contributed by atoms with Crippen molar-refractivity contribution in [1.29, 1.82) is 0 Å². The quantitative estimate of drug-likeness (QED) is 0.105. The van der Waals surface area contributed by atoms with Crippen LogP contribution in [-0.2, 0) is 13.1 Å². The smallest absolute Gasteiger partial charge is 0.0917 e. The second-order valence-corrected chi connectivity index (χ2v) is 11.9. The van der Waals surface area contributed by atoms with Crippen LogP contribution in [0.25, 0.3) is 0 Å². The predicted molar refractivity (Wildman–Crippen MR) is 183 cm³/mol. The molecule has 0 bridgehead atoms. The van der Waals surface area contributed by atoms with E-state index in [2.05, 4.69) is 28.0 Å². The first-order valence-electron chi connectivity index (χ1n) is 15.9. The molecule has 0 saturated carbocycles. The Balaban J connectivity index is 1.33. The molecule has 238 valence electrons. The van der Waals surface area contributed by atoms with Crippen LogP contribution in [0.3, 0.4) is 0 Å². The maximum Gasteiger partial charge on any atom is 0.0917 e. The molecule has 0 spiro atoms. The highest BCUT2D eigenvalue weighted by atomic mass is 16.3. The Morgan fingerprint density at radius 3 is 0.870 bits per heavy atom. The molecule has 4 atom stereocenters. The summed E-state index contributed by atoms with van der Waals surface area (Å²) < 4.78 is 0. The van der Waals surface area contributed by atoms with Crippen molar-refractivity contribution < 1.29 is 20.4 Å². The summed E-state index contributed by atoms with van der Waals surface area (Å²) >= 11 is 0. The largest absolute Gasteiger partial charge is 0.387 e. The third-order valence-corrected chi connectivity index (χ3v) is 8.27. The minimum absolute atomic E-state index is 0.358. The lowest BCUT2D eigenvalue weighted by molar-refractivity contribution is 0.0640. The molecule has 6 nitrogen and oxygen atoms in total. The highest BCUT2D eigenvalue weighted by Crippen LogP contribution is 2.23. The van der Waals surface area contributed by atoms with Gasteiger partial charge in [-0.05, 0) is 33.4 Å². The number of aliphatic hydroxyl groups excluding tert-OH is 4. The van der Waals surface area contributed by atoms with Crippen LogP contribution in [0.1, 0.15) is 57.8 Å². The van der Waals surface area contributed by atoms with E-state index in [-0.39, 0.29) is 0 Å². The molecular formula is C40H44N2O4. The van der Waals surface area contributed by atoms with Crippen molar-refractivity contribution in [3.05, 3.63) is 179 Å². The fraction of sp³-hybridized carbons (Fsp3) is 0.250. The highest BCUT2D eigenvalue weighted by molar-refractivity contribution is 5.25. The first-order valence-corrected chi connectivity index (χ1v) is 15.9. The number of hydrogen-bond acceptors (Lipinski definition) is 6. The van der Waals surface area contributed by atoms with Gasteiger partial charge in [0.25, 0.3) is 0 Å². The number of benzene rings is 5. The summed E-state index contributed by atoms with van der Waals surface area (Å²) in [6.07, 6.45) is -2.83. The fourth-order valence-corrected chi connectivity index (χ4v) is 5.85. The maximum absolute atomic E-state index is 11.1. The molecule has 6 heteroatoms. The Morgan fingerprint density at radius 1 is 0.348 bits per heavy atom. The van der Waals surface area contributed by atoms with E-state index in [9.17, 15) is 20.4 Å². The molecule has 46 heavy (non-hydrogen) atoms. The van der Waals surface area contributed by atoms with Crippen LogP contribution >= 0.6 is 0 Å². The molecule has 0 heterocycles. The summed E-state index contributed by atoms with van der Waals surface area (Å²) in [7, 11) is 0. The molecule has 5 aromatic carbocycles. The minimum atomic E-state index is -0.707. The molecule has 0 aromatic heterocycles. The van der Waals surface area contributed by atoms with E-state index in [1.807, 2.05) is 127 Å². The van der Waals surface area contributed by atoms with Crippen molar-refractivity contribution in [2.24, 2.45) is 0 Å². The van der Waals surface area contributed by atoms with Crippen LogP contribution in [0.15, 0.2) is 146 Å². The molecule has 0 amide bonds. The summed E-state index contributed by atoms with van der Waals surface area (Å²) in [4.78, 5) is 4.18. The van der Waals surface area contributed by atoms with Crippen LogP contribution in [-0.4, -0.2) is 56.4 Å². The Kier molecular flexibility index (Phi) is 12.3. The Labute approximate surface area is 272 Å². The van der Waals surface area contributed by atoms with E-state index in [1.165, 1.54) is 0 Å². The van der Waals surface area contributed by atoms with Gasteiger partial charge in [0.05, 0.1) is 24.4 Å². The van der Waals surface area contributed by atoms with Gasteiger partial charge in [0, 0.05) is 39.3 Å². The fourth-order valence-electron chi connectivity index (χ4n) is 5.85. The second kappa shape index (κ2) is 17.0. The Morgan fingerprint density at radius 2 is 0.609 bits per heavy atom. The van der Waals surface area contributed by atoms with Crippen LogP contribution in [0.4, 0.5) is 0 Å². The third kappa shape index (κ3) is 9.93.